The van der Waals surface area contributed by atoms with Crippen molar-refractivity contribution >= 4 is 29.9 Å². The van der Waals surface area contributed by atoms with Crippen molar-refractivity contribution in [1.82, 2.24) is 15.5 Å². The van der Waals surface area contributed by atoms with Crippen LogP contribution in [0, 0.1) is 0 Å². The Labute approximate surface area is 184 Å². The number of ether oxygens (including phenoxy) is 2. The molecule has 6 nitrogen and oxygen atoms in total. The zero-order valence-corrected chi connectivity index (χ0v) is 19.6. The lowest BCUT2D eigenvalue weighted by atomic mass is 10.2. The second-order valence-electron chi connectivity index (χ2n) is 5.93. The predicted molar refractivity (Wildman–Crippen MR) is 120 cm³/mol. The molecule has 0 saturated heterocycles. The minimum atomic E-state index is -2.92. The Morgan fingerprint density at radius 1 is 1.18 bits per heavy atom. The standard InChI is InChI=1S/C19H32F2N4O2.HI/c1-6-25(7-2)14(4)12-23-19(22-5)24-13-15-10-9-11-16(26-8-3)17(15)27-18(20)21;/h9-11,14,18H,6-8,12-13H2,1-5H3,(H2,22,23,24);1H. The summed E-state index contributed by atoms with van der Waals surface area (Å²) < 4.78 is 35.7. The third kappa shape index (κ3) is 8.76. The quantitative estimate of drug-likeness (QED) is 0.268. The van der Waals surface area contributed by atoms with Gasteiger partial charge in [0.15, 0.2) is 17.5 Å². The summed E-state index contributed by atoms with van der Waals surface area (Å²) in [5.41, 5.74) is 0.570. The molecule has 0 aromatic heterocycles. The van der Waals surface area contributed by atoms with Crippen molar-refractivity contribution in [2.75, 3.05) is 33.3 Å². The number of aliphatic imine (C=N–C) groups is 1. The number of nitrogens with zero attached hydrogens (tertiary/aromatic N) is 2. The van der Waals surface area contributed by atoms with Gasteiger partial charge >= 0.3 is 6.61 Å². The van der Waals surface area contributed by atoms with Crippen LogP contribution >= 0.6 is 24.0 Å². The van der Waals surface area contributed by atoms with Crippen molar-refractivity contribution < 1.29 is 18.3 Å². The van der Waals surface area contributed by atoms with Gasteiger partial charge in [-0.25, -0.2) is 0 Å². The Balaban J connectivity index is 0.00000729. The molecule has 0 saturated carbocycles. The first-order valence-electron chi connectivity index (χ1n) is 9.34. The van der Waals surface area contributed by atoms with Crippen LogP contribution in [0.5, 0.6) is 11.5 Å². The van der Waals surface area contributed by atoms with E-state index < -0.39 is 6.61 Å². The van der Waals surface area contributed by atoms with Gasteiger partial charge in [-0.2, -0.15) is 8.78 Å². The molecule has 2 N–H and O–H groups in total. The van der Waals surface area contributed by atoms with Crippen molar-refractivity contribution in [2.24, 2.45) is 4.99 Å². The molecule has 162 valence electrons. The highest BCUT2D eigenvalue weighted by Gasteiger charge is 2.16. The highest BCUT2D eigenvalue weighted by atomic mass is 127. The highest BCUT2D eigenvalue weighted by Crippen LogP contribution is 2.32. The first-order valence-corrected chi connectivity index (χ1v) is 9.34. The third-order valence-electron chi connectivity index (χ3n) is 4.24. The predicted octanol–water partition coefficient (Wildman–Crippen LogP) is 3.70. The van der Waals surface area contributed by atoms with Crippen LogP contribution in [0.4, 0.5) is 8.78 Å². The molecular formula is C19H33F2IN4O2. The van der Waals surface area contributed by atoms with Crippen LogP contribution in [0.3, 0.4) is 0 Å². The zero-order valence-electron chi connectivity index (χ0n) is 17.3. The topological polar surface area (TPSA) is 58.1 Å². The van der Waals surface area contributed by atoms with Gasteiger partial charge in [-0.05, 0) is 33.0 Å². The molecule has 0 aliphatic rings. The molecule has 1 aromatic rings. The average molecular weight is 514 g/mol. The molecule has 0 heterocycles. The normalized spacial score (nSPS) is 12.5. The first-order chi connectivity index (χ1) is 13.0. The summed E-state index contributed by atoms with van der Waals surface area (Å²) in [5, 5.41) is 6.40. The second kappa shape index (κ2) is 14.6. The summed E-state index contributed by atoms with van der Waals surface area (Å²) in [7, 11) is 1.67. The van der Waals surface area contributed by atoms with Crippen molar-refractivity contribution in [3.63, 3.8) is 0 Å². The van der Waals surface area contributed by atoms with Gasteiger partial charge in [0.25, 0.3) is 0 Å². The van der Waals surface area contributed by atoms with E-state index in [9.17, 15) is 8.78 Å². The number of halogens is 3. The molecule has 0 amide bonds. The van der Waals surface area contributed by atoms with Crippen LogP contribution in [-0.2, 0) is 6.54 Å². The molecule has 9 heteroatoms. The lowest BCUT2D eigenvalue weighted by molar-refractivity contribution is -0.0520. The third-order valence-corrected chi connectivity index (χ3v) is 4.24. The molecule has 28 heavy (non-hydrogen) atoms. The molecule has 0 radical (unpaired) electrons. The van der Waals surface area contributed by atoms with E-state index in [-0.39, 0.29) is 36.3 Å². The molecule has 1 rings (SSSR count). The Bertz CT molecular complexity index is 587. The van der Waals surface area contributed by atoms with Gasteiger partial charge in [0.05, 0.1) is 6.61 Å². The molecular weight excluding hydrogens is 481 g/mol. The van der Waals surface area contributed by atoms with Crippen LogP contribution in [-0.4, -0.2) is 56.8 Å². The Hall–Kier alpha value is -1.36. The van der Waals surface area contributed by atoms with Crippen LogP contribution in [0.25, 0.3) is 0 Å². The summed E-state index contributed by atoms with van der Waals surface area (Å²) >= 11 is 0. The Morgan fingerprint density at radius 2 is 1.86 bits per heavy atom. The number of hydrogen-bond acceptors (Lipinski definition) is 4. The SMILES string of the molecule is CCOc1cccc(CNC(=NC)NCC(C)N(CC)CC)c1OC(F)F.I. The van der Waals surface area contributed by atoms with Gasteiger partial charge in [-0.3, -0.25) is 9.89 Å². The van der Waals surface area contributed by atoms with Crippen molar-refractivity contribution in [3.8, 4) is 11.5 Å². The number of alkyl halides is 2. The fourth-order valence-electron chi connectivity index (χ4n) is 2.81. The number of nitrogens with one attached hydrogen (secondary N) is 2. The summed E-state index contributed by atoms with van der Waals surface area (Å²) in [6.45, 7) is 8.59. The van der Waals surface area contributed by atoms with Crippen LogP contribution in [0.15, 0.2) is 23.2 Å². The average Bonchev–Trinajstić information content (AvgIpc) is 2.64. The molecule has 1 atom stereocenters. The number of likely N-dealkylation sites (N-methyl/N-ethyl adjacent to an activating group) is 1. The number of rotatable bonds is 11. The van der Waals surface area contributed by atoms with E-state index >= 15 is 0 Å². The number of benzene rings is 1. The highest BCUT2D eigenvalue weighted by molar-refractivity contribution is 14.0. The second-order valence-corrected chi connectivity index (χ2v) is 5.93. The maximum absolute atomic E-state index is 12.8. The van der Waals surface area contributed by atoms with Gasteiger partial charge in [0.1, 0.15) is 0 Å². The molecule has 0 aliphatic carbocycles. The van der Waals surface area contributed by atoms with E-state index in [2.05, 4.69) is 46.0 Å². The molecule has 1 aromatic carbocycles. The van der Waals surface area contributed by atoms with Crippen LogP contribution in [0.1, 0.15) is 33.3 Å². The van der Waals surface area contributed by atoms with Gasteiger partial charge in [0.2, 0.25) is 0 Å². The van der Waals surface area contributed by atoms with Gasteiger partial charge in [-0.1, -0.05) is 26.0 Å². The molecule has 0 bridgehead atoms. The van der Waals surface area contributed by atoms with Crippen molar-refractivity contribution in [1.29, 1.82) is 0 Å². The number of hydrogen-bond donors (Lipinski definition) is 2. The largest absolute Gasteiger partial charge is 0.490 e. The van der Waals surface area contributed by atoms with Crippen molar-refractivity contribution in [2.45, 2.75) is 46.9 Å². The molecule has 0 aliphatic heterocycles. The van der Waals surface area contributed by atoms with E-state index in [1.807, 2.05) is 0 Å². The monoisotopic (exact) mass is 514 g/mol. The van der Waals surface area contributed by atoms with Gasteiger partial charge in [0, 0.05) is 31.7 Å². The van der Waals surface area contributed by atoms with Gasteiger partial charge in [-0.15, -0.1) is 24.0 Å². The fourth-order valence-corrected chi connectivity index (χ4v) is 2.81. The summed E-state index contributed by atoms with van der Waals surface area (Å²) in [4.78, 5) is 6.52. The lowest BCUT2D eigenvalue weighted by Gasteiger charge is -2.27. The molecule has 0 fully saturated rings. The summed E-state index contributed by atoms with van der Waals surface area (Å²) in [6, 6.07) is 5.43. The molecule has 0 spiro atoms. The van der Waals surface area contributed by atoms with E-state index in [1.54, 1.807) is 32.2 Å². The van der Waals surface area contributed by atoms with Crippen LogP contribution in [0.2, 0.25) is 0 Å². The minimum Gasteiger partial charge on any atom is -0.490 e. The van der Waals surface area contributed by atoms with Gasteiger partial charge < -0.3 is 20.1 Å². The van der Waals surface area contributed by atoms with E-state index in [4.69, 9.17) is 4.74 Å². The van der Waals surface area contributed by atoms with Crippen molar-refractivity contribution in [3.05, 3.63) is 23.8 Å². The Morgan fingerprint density at radius 3 is 2.39 bits per heavy atom. The van der Waals surface area contributed by atoms with E-state index in [0.29, 0.717) is 29.9 Å². The number of para-hydroxylation sites is 1. The minimum absolute atomic E-state index is 0. The van der Waals surface area contributed by atoms with E-state index in [1.165, 1.54) is 0 Å². The molecule has 1 unspecified atom stereocenters. The lowest BCUT2D eigenvalue weighted by Crippen LogP contribution is -2.45. The van der Waals surface area contributed by atoms with Crippen LogP contribution < -0.4 is 20.1 Å². The maximum atomic E-state index is 12.8. The smallest absolute Gasteiger partial charge is 0.387 e. The zero-order chi connectivity index (χ0) is 20.2. The maximum Gasteiger partial charge on any atom is 0.387 e. The number of guanidine groups is 1. The summed E-state index contributed by atoms with van der Waals surface area (Å²) in [5.74, 6) is 0.947. The summed E-state index contributed by atoms with van der Waals surface area (Å²) in [6.07, 6.45) is 0. The van der Waals surface area contributed by atoms with E-state index in [0.717, 1.165) is 19.6 Å². The Kier molecular flexibility index (Phi) is 13.9. The fraction of sp³-hybridized carbons (Fsp3) is 0.632. The first kappa shape index (κ1) is 26.6.